The number of nitro benzene ring substituents is 1. The zero-order valence-corrected chi connectivity index (χ0v) is 25.6. The number of aliphatic imine (C=N–C) groups is 1. The van der Waals surface area contributed by atoms with Crippen molar-refractivity contribution in [2.24, 2.45) is 12.0 Å². The molecule has 9 heteroatoms. The Morgan fingerprint density at radius 3 is 2.27 bits per heavy atom. The van der Waals surface area contributed by atoms with Crippen molar-refractivity contribution in [3.63, 3.8) is 0 Å². The van der Waals surface area contributed by atoms with E-state index < -0.39 is 10.9 Å². The molecule has 230 valence electrons. The lowest BCUT2D eigenvalue weighted by Crippen LogP contribution is -2.05. The van der Waals surface area contributed by atoms with E-state index in [1.165, 1.54) is 75.6 Å². The van der Waals surface area contributed by atoms with Crippen molar-refractivity contribution in [3.8, 4) is 11.5 Å². The molecular weight excluding hydrogens is 558 g/mol. The van der Waals surface area contributed by atoms with Gasteiger partial charge in [0.1, 0.15) is 11.5 Å². The van der Waals surface area contributed by atoms with E-state index in [2.05, 4.69) is 28.6 Å². The smallest absolute Gasteiger partial charge is 0.363 e. The summed E-state index contributed by atoms with van der Waals surface area (Å²) in [5.74, 6) is 0.923. The monoisotopic (exact) mass is 597 g/mol. The number of esters is 1. The first-order valence-corrected chi connectivity index (χ1v) is 15.4. The molecule has 0 radical (unpaired) electrons. The van der Waals surface area contributed by atoms with Crippen LogP contribution in [-0.2, 0) is 16.6 Å². The molecule has 44 heavy (non-hydrogen) atoms. The van der Waals surface area contributed by atoms with Crippen molar-refractivity contribution >= 4 is 45.4 Å². The predicted octanol–water partition coefficient (Wildman–Crippen LogP) is 8.50. The molecule has 1 aromatic heterocycles. The van der Waals surface area contributed by atoms with Gasteiger partial charge in [0, 0.05) is 53.2 Å². The van der Waals surface area contributed by atoms with E-state index in [1.807, 2.05) is 25.2 Å². The van der Waals surface area contributed by atoms with Crippen LogP contribution in [0.15, 0.2) is 65.3 Å². The van der Waals surface area contributed by atoms with Gasteiger partial charge in [0.2, 0.25) is 5.90 Å². The van der Waals surface area contributed by atoms with Gasteiger partial charge in [0.15, 0.2) is 5.70 Å². The van der Waals surface area contributed by atoms with E-state index in [9.17, 15) is 14.9 Å². The van der Waals surface area contributed by atoms with Gasteiger partial charge in [-0.3, -0.25) is 10.1 Å². The number of unbranched alkanes of at least 4 members (excludes halogenated alkanes) is 8. The number of hydrogen-bond acceptors (Lipinski definition) is 7. The molecule has 1 aliphatic heterocycles. The van der Waals surface area contributed by atoms with Crippen LogP contribution in [0.25, 0.3) is 27.9 Å². The number of ether oxygens (including phenoxy) is 3. The van der Waals surface area contributed by atoms with E-state index in [4.69, 9.17) is 14.2 Å². The standard InChI is InChI=1S/C35H39N3O6/c1-4-5-6-7-8-9-10-11-12-19-43-27-17-18-28-29-20-25(33(42-3)23-32(29)37(2)31(28)22-27)21-30-35(39)44-34(36-30)24-13-15-26(16-14-24)38(40)41/h13-18,20-23H,4-12,19H2,1-3H3/b30-21-. The number of non-ortho nitro benzene ring substituents is 1. The van der Waals surface area contributed by atoms with Crippen LogP contribution < -0.4 is 9.47 Å². The second-order valence-electron chi connectivity index (χ2n) is 11.2. The highest BCUT2D eigenvalue weighted by Gasteiger charge is 2.25. The first-order valence-electron chi connectivity index (χ1n) is 15.4. The van der Waals surface area contributed by atoms with Crippen LogP contribution in [0.1, 0.15) is 75.8 Å². The van der Waals surface area contributed by atoms with Crippen LogP contribution in [0.3, 0.4) is 0 Å². The lowest BCUT2D eigenvalue weighted by Gasteiger charge is -2.07. The lowest BCUT2D eigenvalue weighted by molar-refractivity contribution is -0.384. The van der Waals surface area contributed by atoms with Gasteiger partial charge in [-0.25, -0.2) is 9.79 Å². The highest BCUT2D eigenvalue weighted by molar-refractivity contribution is 6.14. The summed E-state index contributed by atoms with van der Waals surface area (Å²) < 4.78 is 19.3. The number of carbonyl (C=O) groups excluding carboxylic acids is 1. The van der Waals surface area contributed by atoms with E-state index in [0.717, 1.165) is 34.0 Å². The van der Waals surface area contributed by atoms with Crippen molar-refractivity contribution in [1.29, 1.82) is 0 Å². The molecule has 4 aromatic rings. The lowest BCUT2D eigenvalue weighted by atomic mass is 10.1. The Labute approximate surface area is 257 Å². The first kappa shape index (κ1) is 30.8. The molecule has 1 aliphatic rings. The third kappa shape index (κ3) is 6.93. The zero-order chi connectivity index (χ0) is 31.1. The van der Waals surface area contributed by atoms with Crippen LogP contribution in [0, 0.1) is 10.1 Å². The van der Waals surface area contributed by atoms with Gasteiger partial charge in [-0.2, -0.15) is 0 Å². The van der Waals surface area contributed by atoms with Gasteiger partial charge in [0.25, 0.3) is 5.69 Å². The number of nitro groups is 1. The number of cyclic esters (lactones) is 1. The van der Waals surface area contributed by atoms with Crippen molar-refractivity contribution in [2.75, 3.05) is 13.7 Å². The molecule has 2 heterocycles. The fourth-order valence-electron chi connectivity index (χ4n) is 5.61. The molecule has 3 aromatic carbocycles. The molecule has 0 unspecified atom stereocenters. The molecule has 0 N–H and O–H groups in total. The molecule has 9 nitrogen and oxygen atoms in total. The minimum Gasteiger partial charge on any atom is -0.496 e. The number of aryl methyl sites for hydroxylation is 1. The maximum atomic E-state index is 12.7. The van der Waals surface area contributed by atoms with Gasteiger partial charge in [-0.1, -0.05) is 58.3 Å². The predicted molar refractivity (Wildman–Crippen MR) is 173 cm³/mol. The SMILES string of the molecule is CCCCCCCCCCCOc1ccc2c3cc(/C=C4\N=C(c5ccc([N+](=O)[O-])cc5)OC4=O)c(OC)cc3n(C)c2c1. The number of benzene rings is 3. The maximum Gasteiger partial charge on any atom is 0.363 e. The fraction of sp³-hybridized carbons (Fsp3) is 0.371. The summed E-state index contributed by atoms with van der Waals surface area (Å²) in [5.41, 5.74) is 3.23. The Kier molecular flexibility index (Phi) is 9.94. The van der Waals surface area contributed by atoms with Crippen LogP contribution >= 0.6 is 0 Å². The number of carbonyl (C=O) groups is 1. The van der Waals surface area contributed by atoms with Crippen molar-refractivity contribution in [3.05, 3.63) is 81.5 Å². The highest BCUT2D eigenvalue weighted by atomic mass is 16.6. The molecule has 0 fully saturated rings. The second kappa shape index (κ2) is 14.2. The molecular formula is C35H39N3O6. The maximum absolute atomic E-state index is 12.7. The molecule has 0 atom stereocenters. The molecule has 0 saturated carbocycles. The van der Waals surface area contributed by atoms with Gasteiger partial charge < -0.3 is 18.8 Å². The minimum absolute atomic E-state index is 0.0555. The van der Waals surface area contributed by atoms with Gasteiger partial charge >= 0.3 is 5.97 Å². The van der Waals surface area contributed by atoms with Gasteiger partial charge in [0.05, 0.1) is 29.7 Å². The Hall–Kier alpha value is -4.66. The molecule has 0 aliphatic carbocycles. The van der Waals surface area contributed by atoms with Gasteiger partial charge in [-0.05, 0) is 42.8 Å². The second-order valence-corrected chi connectivity index (χ2v) is 11.2. The molecule has 5 rings (SSSR count). The van der Waals surface area contributed by atoms with Crippen molar-refractivity contribution in [2.45, 2.75) is 64.7 Å². The van der Waals surface area contributed by atoms with Crippen LogP contribution in [0.4, 0.5) is 5.69 Å². The van der Waals surface area contributed by atoms with Crippen molar-refractivity contribution < 1.29 is 23.9 Å². The molecule has 0 bridgehead atoms. The third-order valence-corrected chi connectivity index (χ3v) is 8.08. The summed E-state index contributed by atoms with van der Waals surface area (Å²) in [4.78, 5) is 27.5. The normalized spacial score (nSPS) is 13.9. The Morgan fingerprint density at radius 2 is 1.59 bits per heavy atom. The first-order chi connectivity index (χ1) is 21.4. The summed E-state index contributed by atoms with van der Waals surface area (Å²) >= 11 is 0. The Bertz CT molecular complexity index is 1720. The van der Waals surface area contributed by atoms with E-state index in [-0.39, 0.29) is 17.3 Å². The number of nitrogens with zero attached hydrogens (tertiary/aromatic N) is 3. The quantitative estimate of drug-likeness (QED) is 0.0447. The summed E-state index contributed by atoms with van der Waals surface area (Å²) in [6.45, 7) is 2.95. The Balaban J connectivity index is 1.31. The number of rotatable bonds is 15. The number of methoxy groups -OCH3 is 1. The van der Waals surface area contributed by atoms with Crippen molar-refractivity contribution in [1.82, 2.24) is 4.57 Å². The van der Waals surface area contributed by atoms with Crippen LogP contribution in [0.2, 0.25) is 0 Å². The minimum atomic E-state index is -0.604. The summed E-state index contributed by atoms with van der Waals surface area (Å²) in [6, 6.07) is 15.8. The summed E-state index contributed by atoms with van der Waals surface area (Å²) in [6.07, 6.45) is 13.1. The topological polar surface area (TPSA) is 105 Å². The third-order valence-electron chi connectivity index (χ3n) is 8.08. The average Bonchev–Trinajstić information content (AvgIpc) is 3.53. The molecule has 0 spiro atoms. The number of fused-ring (bicyclic) bond motifs is 3. The van der Waals surface area contributed by atoms with E-state index in [1.54, 1.807) is 13.2 Å². The van der Waals surface area contributed by atoms with E-state index in [0.29, 0.717) is 23.5 Å². The number of hydrogen-bond donors (Lipinski definition) is 0. The largest absolute Gasteiger partial charge is 0.496 e. The number of aromatic nitrogens is 1. The summed E-state index contributed by atoms with van der Waals surface area (Å²) in [5, 5.41) is 13.0. The molecule has 0 saturated heterocycles. The fourth-order valence-corrected chi connectivity index (χ4v) is 5.61. The zero-order valence-electron chi connectivity index (χ0n) is 25.6. The van der Waals surface area contributed by atoms with E-state index >= 15 is 0 Å². The van der Waals surface area contributed by atoms with Crippen LogP contribution in [0.5, 0.6) is 11.5 Å². The van der Waals surface area contributed by atoms with Gasteiger partial charge in [-0.15, -0.1) is 0 Å². The average molecular weight is 598 g/mol. The highest BCUT2D eigenvalue weighted by Crippen LogP contribution is 2.36. The van der Waals surface area contributed by atoms with Crippen LogP contribution in [-0.4, -0.2) is 35.1 Å². The Morgan fingerprint density at radius 1 is 0.909 bits per heavy atom. The summed E-state index contributed by atoms with van der Waals surface area (Å²) in [7, 11) is 3.60. The molecule has 0 amide bonds.